The zero-order valence-electron chi connectivity index (χ0n) is 11.8. The molecular formula is C17H15NO4. The van der Waals surface area contributed by atoms with Crippen LogP contribution < -0.4 is 5.32 Å². The van der Waals surface area contributed by atoms with Crippen LogP contribution in [0.15, 0.2) is 42.5 Å². The number of esters is 1. The summed E-state index contributed by atoms with van der Waals surface area (Å²) in [7, 11) is 0. The normalized spacial score (nSPS) is 12.6. The number of rotatable bonds is 4. The van der Waals surface area contributed by atoms with Crippen molar-refractivity contribution in [1.29, 1.82) is 0 Å². The van der Waals surface area contributed by atoms with Crippen molar-refractivity contribution < 1.29 is 19.4 Å². The average molecular weight is 297 g/mol. The van der Waals surface area contributed by atoms with Crippen molar-refractivity contribution >= 4 is 17.6 Å². The van der Waals surface area contributed by atoms with E-state index in [9.17, 15) is 14.7 Å². The van der Waals surface area contributed by atoms with Crippen molar-refractivity contribution in [3.05, 3.63) is 59.2 Å². The van der Waals surface area contributed by atoms with Gasteiger partial charge in [0.1, 0.15) is 12.4 Å². The SMILES string of the molecule is O=C(CCc1ccccc1O)Nc1cccc2c1C(=O)OC2. The maximum Gasteiger partial charge on any atom is 0.341 e. The first kappa shape index (κ1) is 14.1. The Labute approximate surface area is 127 Å². The third kappa shape index (κ3) is 2.79. The molecular weight excluding hydrogens is 282 g/mol. The molecule has 3 rings (SSSR count). The predicted octanol–water partition coefficient (Wildman–Crippen LogP) is 2.63. The number of amides is 1. The largest absolute Gasteiger partial charge is 0.508 e. The van der Waals surface area contributed by atoms with Crippen molar-refractivity contribution in [3.63, 3.8) is 0 Å². The average Bonchev–Trinajstić information content (AvgIpc) is 2.89. The number of aryl methyl sites for hydroxylation is 1. The number of carbonyl (C=O) groups excluding carboxylic acids is 2. The predicted molar refractivity (Wildman–Crippen MR) is 80.6 cm³/mol. The molecule has 2 N–H and O–H groups in total. The maximum absolute atomic E-state index is 12.1. The minimum atomic E-state index is -0.411. The molecule has 1 aliphatic rings. The second-order valence-corrected chi connectivity index (χ2v) is 5.09. The van der Waals surface area contributed by atoms with Gasteiger partial charge in [-0.3, -0.25) is 4.79 Å². The fraction of sp³-hybridized carbons (Fsp3) is 0.176. The van der Waals surface area contributed by atoms with Crippen LogP contribution in [0, 0.1) is 0 Å². The Balaban J connectivity index is 1.67. The summed E-state index contributed by atoms with van der Waals surface area (Å²) in [4.78, 5) is 23.7. The van der Waals surface area contributed by atoms with Crippen molar-refractivity contribution in [2.75, 3.05) is 5.32 Å². The number of hydrogen-bond acceptors (Lipinski definition) is 4. The Kier molecular flexibility index (Phi) is 3.78. The van der Waals surface area contributed by atoms with E-state index in [1.54, 1.807) is 36.4 Å². The van der Waals surface area contributed by atoms with Crippen LogP contribution in [-0.2, 0) is 22.6 Å². The molecule has 5 heteroatoms. The van der Waals surface area contributed by atoms with Crippen LogP contribution in [0.3, 0.4) is 0 Å². The van der Waals surface area contributed by atoms with E-state index in [4.69, 9.17) is 4.74 Å². The molecule has 0 aliphatic carbocycles. The minimum Gasteiger partial charge on any atom is -0.508 e. The molecule has 0 fully saturated rings. The molecule has 0 spiro atoms. The van der Waals surface area contributed by atoms with Crippen LogP contribution in [0.4, 0.5) is 5.69 Å². The Morgan fingerprint density at radius 2 is 2.00 bits per heavy atom. The molecule has 0 radical (unpaired) electrons. The Morgan fingerprint density at radius 1 is 1.18 bits per heavy atom. The van der Waals surface area contributed by atoms with Crippen molar-refractivity contribution in [2.24, 2.45) is 0 Å². The summed E-state index contributed by atoms with van der Waals surface area (Å²) < 4.78 is 4.97. The smallest absolute Gasteiger partial charge is 0.341 e. The molecule has 0 saturated heterocycles. The highest BCUT2D eigenvalue weighted by molar-refractivity contribution is 6.03. The van der Waals surface area contributed by atoms with Gasteiger partial charge in [0.2, 0.25) is 5.91 Å². The molecule has 112 valence electrons. The molecule has 0 atom stereocenters. The van der Waals surface area contributed by atoms with E-state index in [-0.39, 0.29) is 24.7 Å². The van der Waals surface area contributed by atoms with Gasteiger partial charge in [0.05, 0.1) is 11.3 Å². The molecule has 5 nitrogen and oxygen atoms in total. The highest BCUT2D eigenvalue weighted by Gasteiger charge is 2.25. The van der Waals surface area contributed by atoms with E-state index in [1.165, 1.54) is 0 Å². The number of cyclic esters (lactones) is 1. The molecule has 22 heavy (non-hydrogen) atoms. The van der Waals surface area contributed by atoms with Crippen LogP contribution in [-0.4, -0.2) is 17.0 Å². The standard InChI is InChI=1S/C17H15NO4/c19-14-7-2-1-4-11(14)8-9-15(20)18-13-6-3-5-12-10-22-17(21)16(12)13/h1-7,19H,8-10H2,(H,18,20). The first-order valence-electron chi connectivity index (χ1n) is 7.01. The maximum atomic E-state index is 12.1. The van der Waals surface area contributed by atoms with E-state index in [0.717, 1.165) is 11.1 Å². The summed E-state index contributed by atoms with van der Waals surface area (Å²) in [6, 6.07) is 12.2. The van der Waals surface area contributed by atoms with E-state index in [1.807, 2.05) is 6.07 Å². The van der Waals surface area contributed by atoms with Crippen LogP contribution >= 0.6 is 0 Å². The van der Waals surface area contributed by atoms with Gasteiger partial charge in [-0.25, -0.2) is 4.79 Å². The zero-order valence-corrected chi connectivity index (χ0v) is 11.8. The second-order valence-electron chi connectivity index (χ2n) is 5.09. The first-order chi connectivity index (χ1) is 10.6. The topological polar surface area (TPSA) is 75.6 Å². The van der Waals surface area contributed by atoms with Crippen LogP contribution in [0.25, 0.3) is 0 Å². The monoisotopic (exact) mass is 297 g/mol. The molecule has 1 heterocycles. The number of anilines is 1. The lowest BCUT2D eigenvalue weighted by Crippen LogP contribution is -2.14. The Morgan fingerprint density at radius 3 is 2.82 bits per heavy atom. The number of phenols is 1. The van der Waals surface area contributed by atoms with Gasteiger partial charge in [0, 0.05) is 12.0 Å². The number of benzene rings is 2. The molecule has 0 saturated carbocycles. The summed E-state index contributed by atoms with van der Waals surface area (Å²) in [5.41, 5.74) is 2.40. The summed E-state index contributed by atoms with van der Waals surface area (Å²) in [5, 5.41) is 12.4. The van der Waals surface area contributed by atoms with Gasteiger partial charge in [0.25, 0.3) is 0 Å². The molecule has 1 aliphatic heterocycles. The third-order valence-electron chi connectivity index (χ3n) is 3.60. The molecule has 0 bridgehead atoms. The lowest BCUT2D eigenvalue weighted by atomic mass is 10.1. The highest BCUT2D eigenvalue weighted by Crippen LogP contribution is 2.27. The van der Waals surface area contributed by atoms with Gasteiger partial charge in [0.15, 0.2) is 0 Å². The van der Waals surface area contributed by atoms with Crippen molar-refractivity contribution in [2.45, 2.75) is 19.4 Å². The molecule has 2 aromatic rings. The number of aromatic hydroxyl groups is 1. The van der Waals surface area contributed by atoms with Gasteiger partial charge in [-0.2, -0.15) is 0 Å². The lowest BCUT2D eigenvalue weighted by Gasteiger charge is -2.08. The van der Waals surface area contributed by atoms with Gasteiger partial charge < -0.3 is 15.2 Å². The molecule has 0 unspecified atom stereocenters. The fourth-order valence-electron chi connectivity index (χ4n) is 2.46. The summed E-state index contributed by atoms with van der Waals surface area (Å²) >= 11 is 0. The van der Waals surface area contributed by atoms with Crippen molar-refractivity contribution in [1.82, 2.24) is 0 Å². The number of carbonyl (C=O) groups is 2. The Hall–Kier alpha value is -2.82. The van der Waals surface area contributed by atoms with Gasteiger partial charge in [-0.1, -0.05) is 30.3 Å². The van der Waals surface area contributed by atoms with E-state index in [0.29, 0.717) is 17.7 Å². The van der Waals surface area contributed by atoms with Crippen LogP contribution in [0.2, 0.25) is 0 Å². The number of para-hydroxylation sites is 1. The number of hydrogen-bond donors (Lipinski definition) is 2. The van der Waals surface area contributed by atoms with Crippen LogP contribution in [0.5, 0.6) is 5.75 Å². The summed E-state index contributed by atoms with van der Waals surface area (Å²) in [5.74, 6) is -0.442. The highest BCUT2D eigenvalue weighted by atomic mass is 16.5. The van der Waals surface area contributed by atoms with Gasteiger partial charge in [-0.05, 0) is 24.1 Å². The summed E-state index contributed by atoms with van der Waals surface area (Å²) in [6.07, 6.45) is 0.647. The lowest BCUT2D eigenvalue weighted by molar-refractivity contribution is -0.116. The van der Waals surface area contributed by atoms with E-state index in [2.05, 4.69) is 5.32 Å². The number of fused-ring (bicyclic) bond motifs is 1. The van der Waals surface area contributed by atoms with Crippen LogP contribution in [0.1, 0.15) is 27.9 Å². The third-order valence-corrected chi connectivity index (χ3v) is 3.60. The molecule has 1 amide bonds. The molecule has 0 aromatic heterocycles. The quantitative estimate of drug-likeness (QED) is 0.851. The van der Waals surface area contributed by atoms with E-state index >= 15 is 0 Å². The number of nitrogens with one attached hydrogen (secondary N) is 1. The van der Waals surface area contributed by atoms with Gasteiger partial charge >= 0.3 is 5.97 Å². The Bertz CT molecular complexity index is 739. The van der Waals surface area contributed by atoms with Gasteiger partial charge in [-0.15, -0.1) is 0 Å². The fourth-order valence-corrected chi connectivity index (χ4v) is 2.46. The number of ether oxygens (including phenoxy) is 1. The summed E-state index contributed by atoms with van der Waals surface area (Å²) in [6.45, 7) is 0.246. The zero-order chi connectivity index (χ0) is 15.5. The minimum absolute atomic E-state index is 0.180. The first-order valence-corrected chi connectivity index (χ1v) is 7.01. The molecule has 2 aromatic carbocycles. The van der Waals surface area contributed by atoms with E-state index < -0.39 is 5.97 Å². The number of phenolic OH excluding ortho intramolecular Hbond substituents is 1. The van der Waals surface area contributed by atoms with Crippen molar-refractivity contribution in [3.8, 4) is 5.75 Å². The second kappa shape index (κ2) is 5.89.